The number of thioether (sulfide) groups is 1. The van der Waals surface area contributed by atoms with E-state index in [1.807, 2.05) is 11.8 Å². The Morgan fingerprint density at radius 2 is 1.74 bits per heavy atom. The van der Waals surface area contributed by atoms with Gasteiger partial charge in [0.2, 0.25) is 5.69 Å². The van der Waals surface area contributed by atoms with Crippen LogP contribution in [0.15, 0.2) is 89.8 Å². The van der Waals surface area contributed by atoms with Gasteiger partial charge in [-0.15, -0.1) is 11.8 Å². The van der Waals surface area contributed by atoms with Gasteiger partial charge in [-0.1, -0.05) is 36.8 Å². The van der Waals surface area contributed by atoms with Crippen LogP contribution in [-0.2, 0) is 5.41 Å². The van der Waals surface area contributed by atoms with Crippen LogP contribution in [0.1, 0.15) is 55.7 Å². The van der Waals surface area contributed by atoms with Gasteiger partial charge < -0.3 is 4.90 Å². The zero-order valence-electron chi connectivity index (χ0n) is 22.7. The zero-order valence-corrected chi connectivity index (χ0v) is 23.6. The van der Waals surface area contributed by atoms with E-state index < -0.39 is 0 Å². The second-order valence-corrected chi connectivity index (χ2v) is 12.5. The minimum Gasteiger partial charge on any atom is -0.338 e. The summed E-state index contributed by atoms with van der Waals surface area (Å²) < 4.78 is 2.39. The molecule has 1 aliphatic carbocycles. The number of nitrogens with zero attached hydrogens (tertiary/aromatic N) is 2. The van der Waals surface area contributed by atoms with Crippen LogP contribution in [0.25, 0.3) is 16.8 Å². The highest BCUT2D eigenvalue weighted by atomic mass is 32.2. The van der Waals surface area contributed by atoms with E-state index in [-0.39, 0.29) is 5.41 Å². The fraction of sp³-hybridized carbons (Fsp3) is 0.286. The van der Waals surface area contributed by atoms with Crippen LogP contribution in [0.2, 0.25) is 0 Å². The van der Waals surface area contributed by atoms with Gasteiger partial charge in [0.1, 0.15) is 7.05 Å². The molecule has 38 heavy (non-hydrogen) atoms. The lowest BCUT2D eigenvalue weighted by Crippen LogP contribution is -2.26. The maximum atomic E-state index is 2.62. The van der Waals surface area contributed by atoms with Crippen LogP contribution in [0.3, 0.4) is 0 Å². The Labute approximate surface area is 230 Å². The first-order chi connectivity index (χ1) is 18.5. The minimum atomic E-state index is -0.0611. The summed E-state index contributed by atoms with van der Waals surface area (Å²) >= 11 is 1.81. The van der Waals surface area contributed by atoms with Gasteiger partial charge in [-0.3, -0.25) is 0 Å². The molecule has 0 bridgehead atoms. The number of fused-ring (bicyclic) bond motifs is 6. The van der Waals surface area contributed by atoms with Crippen LogP contribution in [0, 0.1) is 0 Å². The lowest BCUT2D eigenvalue weighted by atomic mass is 9.79. The molecule has 3 heteroatoms. The number of anilines is 2. The summed E-state index contributed by atoms with van der Waals surface area (Å²) in [6.07, 6.45) is 10.7. The standard InChI is InChI=1S/C35H35N2S/c1-35(2)33(36(3)32-20-14-24-8-5-6-9-27(24)34(32)35)21-13-23-12-19-31-29(22-23)28-10-7-11-30(28)37(31)25-15-17-26(38-4)18-16-25/h5-6,8-9,12-22,28,30H,7,10-11H2,1-4H3/q+1. The molecule has 4 aromatic carbocycles. The molecule has 0 spiro atoms. The van der Waals surface area contributed by atoms with Gasteiger partial charge in [-0.05, 0) is 103 Å². The van der Waals surface area contributed by atoms with Crippen molar-refractivity contribution in [2.75, 3.05) is 18.2 Å². The molecule has 0 saturated heterocycles. The van der Waals surface area contributed by atoms with Crippen molar-refractivity contribution >= 4 is 51.4 Å². The van der Waals surface area contributed by atoms with E-state index in [0.29, 0.717) is 12.0 Å². The molecule has 7 rings (SSSR count). The smallest absolute Gasteiger partial charge is 0.210 e. The number of allylic oxidation sites excluding steroid dienone is 1. The van der Waals surface area contributed by atoms with E-state index in [4.69, 9.17) is 0 Å². The number of hydrogen-bond donors (Lipinski definition) is 0. The van der Waals surface area contributed by atoms with E-state index in [0.717, 1.165) is 0 Å². The van der Waals surface area contributed by atoms with Crippen molar-refractivity contribution in [1.82, 2.24) is 0 Å². The SMILES string of the molecule is CSc1ccc(N2c3ccc(C=CC4=[N+](C)c5ccc6ccccc6c5C4(C)C)cc3C3CCCC32)cc1. The highest BCUT2D eigenvalue weighted by Crippen LogP contribution is 2.52. The summed E-state index contributed by atoms with van der Waals surface area (Å²) in [4.78, 5) is 3.94. The average Bonchev–Trinajstić information content (AvgIpc) is 3.58. The molecule has 1 fully saturated rings. The first-order valence-corrected chi connectivity index (χ1v) is 15.1. The van der Waals surface area contributed by atoms with E-state index >= 15 is 0 Å². The molecule has 190 valence electrons. The molecule has 0 aromatic heterocycles. The third-order valence-electron chi connectivity index (χ3n) is 9.20. The predicted octanol–water partition coefficient (Wildman–Crippen LogP) is 9.07. The van der Waals surface area contributed by atoms with Gasteiger partial charge in [-0.25, -0.2) is 0 Å². The summed E-state index contributed by atoms with van der Waals surface area (Å²) in [7, 11) is 2.22. The Kier molecular flexibility index (Phi) is 5.56. The average molecular weight is 516 g/mol. The Bertz CT molecular complexity index is 1630. The lowest BCUT2D eigenvalue weighted by Gasteiger charge is -2.27. The largest absolute Gasteiger partial charge is 0.338 e. The maximum absolute atomic E-state index is 2.62. The Balaban J connectivity index is 1.24. The van der Waals surface area contributed by atoms with E-state index in [2.05, 4.69) is 128 Å². The van der Waals surface area contributed by atoms with Crippen LogP contribution >= 0.6 is 11.8 Å². The molecular weight excluding hydrogens is 480 g/mol. The molecule has 0 N–H and O–H groups in total. The number of benzene rings is 4. The number of rotatable bonds is 4. The molecule has 2 atom stereocenters. The van der Waals surface area contributed by atoms with Gasteiger partial charge in [0.25, 0.3) is 0 Å². The first kappa shape index (κ1) is 23.8. The second kappa shape index (κ2) is 8.88. The van der Waals surface area contributed by atoms with Gasteiger partial charge in [0.05, 0.1) is 5.41 Å². The van der Waals surface area contributed by atoms with Gasteiger partial charge in [0, 0.05) is 45.9 Å². The van der Waals surface area contributed by atoms with Crippen LogP contribution in [0.4, 0.5) is 17.1 Å². The third-order valence-corrected chi connectivity index (χ3v) is 9.94. The van der Waals surface area contributed by atoms with Crippen molar-refractivity contribution in [2.45, 2.75) is 55.4 Å². The quantitative estimate of drug-likeness (QED) is 0.197. The van der Waals surface area contributed by atoms with Crippen LogP contribution in [-0.4, -0.2) is 29.6 Å². The Morgan fingerprint density at radius 3 is 2.55 bits per heavy atom. The predicted molar refractivity (Wildman–Crippen MR) is 164 cm³/mol. The second-order valence-electron chi connectivity index (χ2n) is 11.6. The molecule has 2 unspecified atom stereocenters. The summed E-state index contributed by atoms with van der Waals surface area (Å²) in [5.74, 6) is 0.632. The summed E-state index contributed by atoms with van der Waals surface area (Å²) in [5, 5.41) is 2.68. The fourth-order valence-electron chi connectivity index (χ4n) is 7.43. The number of hydrogen-bond acceptors (Lipinski definition) is 2. The molecule has 0 radical (unpaired) electrons. The van der Waals surface area contributed by atoms with Crippen LogP contribution < -0.4 is 4.90 Å². The van der Waals surface area contributed by atoms with E-state index in [9.17, 15) is 0 Å². The summed E-state index contributed by atoms with van der Waals surface area (Å²) in [6, 6.07) is 30.2. The molecule has 1 saturated carbocycles. The van der Waals surface area contributed by atoms with Crippen molar-refractivity contribution in [3.63, 3.8) is 0 Å². The van der Waals surface area contributed by atoms with Crippen molar-refractivity contribution in [2.24, 2.45) is 0 Å². The zero-order chi connectivity index (χ0) is 26.0. The maximum Gasteiger partial charge on any atom is 0.210 e. The van der Waals surface area contributed by atoms with Crippen LogP contribution in [0.5, 0.6) is 0 Å². The molecule has 2 nitrogen and oxygen atoms in total. The molecule has 0 amide bonds. The molecular formula is C35H35N2S+. The lowest BCUT2D eigenvalue weighted by molar-refractivity contribution is -0.401. The highest BCUT2D eigenvalue weighted by Gasteiger charge is 2.44. The molecule has 4 aromatic rings. The molecule has 3 aliphatic rings. The van der Waals surface area contributed by atoms with Gasteiger partial charge in [-0.2, -0.15) is 4.58 Å². The summed E-state index contributed by atoms with van der Waals surface area (Å²) in [5.41, 5.74) is 9.60. The van der Waals surface area contributed by atoms with Gasteiger partial charge >= 0.3 is 0 Å². The van der Waals surface area contributed by atoms with Crippen molar-refractivity contribution < 1.29 is 4.58 Å². The topological polar surface area (TPSA) is 6.25 Å². The molecule has 2 aliphatic heterocycles. The van der Waals surface area contributed by atoms with E-state index in [1.165, 1.54) is 74.4 Å². The Hall–Kier alpha value is -3.30. The highest BCUT2D eigenvalue weighted by molar-refractivity contribution is 7.98. The fourth-order valence-corrected chi connectivity index (χ4v) is 7.83. The minimum absolute atomic E-state index is 0.0611. The van der Waals surface area contributed by atoms with Gasteiger partial charge in [0.15, 0.2) is 5.71 Å². The van der Waals surface area contributed by atoms with E-state index in [1.54, 1.807) is 0 Å². The molecule has 2 heterocycles. The first-order valence-electron chi connectivity index (χ1n) is 13.9. The normalized spacial score (nSPS) is 21.4. The van der Waals surface area contributed by atoms with Crippen molar-refractivity contribution in [3.05, 3.63) is 102 Å². The monoisotopic (exact) mass is 515 g/mol. The van der Waals surface area contributed by atoms with Crippen molar-refractivity contribution in [1.29, 1.82) is 0 Å². The van der Waals surface area contributed by atoms with Crippen molar-refractivity contribution in [3.8, 4) is 0 Å². The third kappa shape index (κ3) is 3.51. The summed E-state index contributed by atoms with van der Waals surface area (Å²) in [6.45, 7) is 4.74. The Morgan fingerprint density at radius 1 is 0.921 bits per heavy atom.